The molecule has 1 rings (SSSR count). The van der Waals surface area contributed by atoms with Crippen LogP contribution >= 0.6 is 0 Å². The van der Waals surface area contributed by atoms with E-state index in [1.165, 1.54) is 0 Å². The van der Waals surface area contributed by atoms with Crippen LogP contribution in [0, 0.1) is 17.8 Å². The Balaban J connectivity index is 2.54. The van der Waals surface area contributed by atoms with E-state index >= 15 is 0 Å². The molecule has 94 valence electrons. The summed E-state index contributed by atoms with van der Waals surface area (Å²) in [5.41, 5.74) is 0. The van der Waals surface area contributed by atoms with Gasteiger partial charge in [0.05, 0.1) is 5.92 Å². The highest BCUT2D eigenvalue weighted by Gasteiger charge is 2.32. The topological polar surface area (TPSA) is 40.5 Å². The molecule has 0 aliphatic heterocycles. The molecular weight excluding hydrogens is 202 g/mol. The van der Waals surface area contributed by atoms with Crippen LogP contribution in [0.1, 0.15) is 39.5 Å². The second kappa shape index (κ2) is 5.67. The minimum absolute atomic E-state index is 0.0915. The number of rotatable bonds is 4. The van der Waals surface area contributed by atoms with Crippen molar-refractivity contribution in [2.45, 2.75) is 45.6 Å². The van der Waals surface area contributed by atoms with Crippen molar-refractivity contribution in [3.63, 3.8) is 0 Å². The van der Waals surface area contributed by atoms with Gasteiger partial charge in [-0.15, -0.1) is 0 Å². The lowest BCUT2D eigenvalue weighted by atomic mass is 9.75. The highest BCUT2D eigenvalue weighted by atomic mass is 16.4. The molecule has 0 bridgehead atoms. The molecule has 3 heteroatoms. The van der Waals surface area contributed by atoms with Gasteiger partial charge in [-0.05, 0) is 51.6 Å². The molecule has 0 spiro atoms. The van der Waals surface area contributed by atoms with Gasteiger partial charge >= 0.3 is 5.97 Å². The molecule has 0 amide bonds. The molecule has 0 aromatic heterocycles. The highest BCUT2D eigenvalue weighted by molar-refractivity contribution is 5.69. The van der Waals surface area contributed by atoms with E-state index in [1.54, 1.807) is 0 Å². The zero-order chi connectivity index (χ0) is 12.3. The van der Waals surface area contributed by atoms with Gasteiger partial charge in [-0.25, -0.2) is 0 Å². The van der Waals surface area contributed by atoms with Crippen LogP contribution in [-0.4, -0.2) is 36.1 Å². The standard InChI is InChI=1S/C13H25NO2/c1-9(2)12(14(3)4)10-5-7-11(8-6-10)13(15)16/h9-12H,5-8H2,1-4H3,(H,15,16). The third-order valence-electron chi connectivity index (χ3n) is 3.88. The fourth-order valence-electron chi connectivity index (χ4n) is 3.27. The Labute approximate surface area is 98.8 Å². The molecule has 0 saturated heterocycles. The Hall–Kier alpha value is -0.570. The second-order valence-electron chi connectivity index (χ2n) is 5.65. The van der Waals surface area contributed by atoms with Crippen LogP contribution in [0.15, 0.2) is 0 Å². The first-order chi connectivity index (χ1) is 7.43. The quantitative estimate of drug-likeness (QED) is 0.802. The van der Waals surface area contributed by atoms with Crippen LogP contribution in [0.5, 0.6) is 0 Å². The van der Waals surface area contributed by atoms with E-state index in [0.717, 1.165) is 25.7 Å². The number of carboxylic acid groups (broad SMARTS) is 1. The summed E-state index contributed by atoms with van der Waals surface area (Å²) in [7, 11) is 4.27. The fraction of sp³-hybridized carbons (Fsp3) is 0.923. The average Bonchev–Trinajstić information content (AvgIpc) is 2.17. The van der Waals surface area contributed by atoms with Crippen LogP contribution in [0.2, 0.25) is 0 Å². The molecule has 1 N–H and O–H groups in total. The van der Waals surface area contributed by atoms with Crippen molar-refractivity contribution in [1.29, 1.82) is 0 Å². The molecule has 16 heavy (non-hydrogen) atoms. The number of nitrogens with zero attached hydrogens (tertiary/aromatic N) is 1. The summed E-state index contributed by atoms with van der Waals surface area (Å²) >= 11 is 0. The number of carbonyl (C=O) groups is 1. The van der Waals surface area contributed by atoms with Crippen LogP contribution in [0.25, 0.3) is 0 Å². The van der Waals surface area contributed by atoms with Crippen molar-refractivity contribution in [2.75, 3.05) is 14.1 Å². The third kappa shape index (κ3) is 3.21. The summed E-state index contributed by atoms with van der Waals surface area (Å²) in [6, 6.07) is 0.592. The van der Waals surface area contributed by atoms with E-state index in [2.05, 4.69) is 32.8 Å². The van der Waals surface area contributed by atoms with E-state index in [9.17, 15) is 4.79 Å². The molecule has 3 nitrogen and oxygen atoms in total. The van der Waals surface area contributed by atoms with E-state index in [0.29, 0.717) is 17.9 Å². The molecule has 1 atom stereocenters. The molecule has 0 radical (unpaired) electrons. The van der Waals surface area contributed by atoms with Gasteiger partial charge in [0.1, 0.15) is 0 Å². The van der Waals surface area contributed by atoms with Gasteiger partial charge in [-0.3, -0.25) is 4.79 Å². The fourth-order valence-corrected chi connectivity index (χ4v) is 3.27. The maximum atomic E-state index is 10.9. The zero-order valence-electron chi connectivity index (χ0n) is 10.9. The lowest BCUT2D eigenvalue weighted by Crippen LogP contribution is -2.41. The maximum absolute atomic E-state index is 10.9. The number of carboxylic acids is 1. The summed E-state index contributed by atoms with van der Waals surface area (Å²) in [6.45, 7) is 4.52. The molecule has 1 aliphatic carbocycles. The third-order valence-corrected chi connectivity index (χ3v) is 3.88. The van der Waals surface area contributed by atoms with Gasteiger partial charge in [0, 0.05) is 6.04 Å². The monoisotopic (exact) mass is 227 g/mol. The van der Waals surface area contributed by atoms with Crippen molar-refractivity contribution >= 4 is 5.97 Å². The van der Waals surface area contributed by atoms with E-state index < -0.39 is 5.97 Å². The number of aliphatic carboxylic acids is 1. The molecule has 1 unspecified atom stereocenters. The zero-order valence-corrected chi connectivity index (χ0v) is 10.9. The molecule has 1 saturated carbocycles. The van der Waals surface area contributed by atoms with Crippen molar-refractivity contribution in [3.8, 4) is 0 Å². The van der Waals surface area contributed by atoms with Crippen molar-refractivity contribution in [3.05, 3.63) is 0 Å². The number of hydrogen-bond donors (Lipinski definition) is 1. The Morgan fingerprint density at radius 2 is 1.69 bits per heavy atom. The molecule has 0 heterocycles. The smallest absolute Gasteiger partial charge is 0.306 e. The van der Waals surface area contributed by atoms with Crippen LogP contribution in [0.4, 0.5) is 0 Å². The van der Waals surface area contributed by atoms with Crippen LogP contribution in [0.3, 0.4) is 0 Å². The normalized spacial score (nSPS) is 28.4. The molecule has 1 aliphatic rings. The highest BCUT2D eigenvalue weighted by Crippen LogP contribution is 2.34. The van der Waals surface area contributed by atoms with Gasteiger partial charge in [0.25, 0.3) is 0 Å². The van der Waals surface area contributed by atoms with Crippen LogP contribution < -0.4 is 0 Å². The summed E-state index contributed by atoms with van der Waals surface area (Å²) < 4.78 is 0. The average molecular weight is 227 g/mol. The van der Waals surface area contributed by atoms with Gasteiger partial charge in [0.15, 0.2) is 0 Å². The summed E-state index contributed by atoms with van der Waals surface area (Å²) in [6.07, 6.45) is 3.85. The molecular formula is C13H25NO2. The minimum atomic E-state index is -0.607. The van der Waals surface area contributed by atoms with Crippen molar-refractivity contribution in [1.82, 2.24) is 4.90 Å². The molecule has 0 aromatic carbocycles. The first-order valence-electron chi connectivity index (χ1n) is 6.32. The first-order valence-corrected chi connectivity index (χ1v) is 6.32. The van der Waals surface area contributed by atoms with Crippen LogP contribution in [-0.2, 0) is 4.79 Å². The minimum Gasteiger partial charge on any atom is -0.481 e. The Bertz CT molecular complexity index is 222. The number of hydrogen-bond acceptors (Lipinski definition) is 2. The predicted octanol–water partition coefficient (Wildman–Crippen LogP) is 2.46. The largest absolute Gasteiger partial charge is 0.481 e. The van der Waals surface area contributed by atoms with Gasteiger partial charge in [0.2, 0.25) is 0 Å². The van der Waals surface area contributed by atoms with E-state index in [1.807, 2.05) is 0 Å². The lowest BCUT2D eigenvalue weighted by molar-refractivity contribution is -0.143. The van der Waals surface area contributed by atoms with Crippen molar-refractivity contribution in [2.24, 2.45) is 17.8 Å². The maximum Gasteiger partial charge on any atom is 0.306 e. The summed E-state index contributed by atoms with van der Waals surface area (Å²) in [5, 5.41) is 8.97. The van der Waals surface area contributed by atoms with Gasteiger partial charge in [-0.2, -0.15) is 0 Å². The van der Waals surface area contributed by atoms with Crippen molar-refractivity contribution < 1.29 is 9.90 Å². The predicted molar refractivity (Wildman–Crippen MR) is 65.4 cm³/mol. The van der Waals surface area contributed by atoms with Gasteiger partial charge in [-0.1, -0.05) is 13.8 Å². The summed E-state index contributed by atoms with van der Waals surface area (Å²) in [5.74, 6) is 0.614. The summed E-state index contributed by atoms with van der Waals surface area (Å²) in [4.78, 5) is 13.2. The van der Waals surface area contributed by atoms with Gasteiger partial charge < -0.3 is 10.0 Å². The SMILES string of the molecule is CC(C)C(C1CCC(C(=O)O)CC1)N(C)C. The van der Waals surface area contributed by atoms with E-state index in [4.69, 9.17) is 5.11 Å². The Morgan fingerprint density at radius 3 is 2.00 bits per heavy atom. The first kappa shape index (κ1) is 13.5. The molecule has 1 fully saturated rings. The Kier molecular flexibility index (Phi) is 4.78. The second-order valence-corrected chi connectivity index (χ2v) is 5.65. The lowest BCUT2D eigenvalue weighted by Gasteiger charge is -2.38. The molecule has 0 aromatic rings. The van der Waals surface area contributed by atoms with E-state index in [-0.39, 0.29) is 5.92 Å². The Morgan fingerprint density at radius 1 is 1.19 bits per heavy atom.